The smallest absolute Gasteiger partial charge is 0.218 e. The van der Waals surface area contributed by atoms with Gasteiger partial charge in [-0.2, -0.15) is 0 Å². The molecule has 21 heavy (non-hydrogen) atoms. The fourth-order valence-electron chi connectivity index (χ4n) is 2.33. The second kappa shape index (κ2) is 7.74. The van der Waals surface area contributed by atoms with Gasteiger partial charge in [-0.05, 0) is 63.1 Å². The molecule has 2 heterocycles. The third-order valence-electron chi connectivity index (χ3n) is 3.39. The molecule has 1 N–H and O–H groups in total. The van der Waals surface area contributed by atoms with Gasteiger partial charge in [0.2, 0.25) is 5.88 Å². The van der Waals surface area contributed by atoms with Crippen molar-refractivity contribution in [3.05, 3.63) is 53.0 Å². The highest BCUT2D eigenvalue weighted by molar-refractivity contribution is 5.35. The Labute approximate surface area is 126 Å². The maximum atomic E-state index is 5.91. The third-order valence-corrected chi connectivity index (χ3v) is 3.39. The molecule has 0 aliphatic rings. The first-order chi connectivity index (χ1) is 10.2. The van der Waals surface area contributed by atoms with E-state index in [1.807, 2.05) is 38.5 Å². The monoisotopic (exact) mass is 285 g/mol. The first-order valence-corrected chi connectivity index (χ1v) is 7.34. The fraction of sp³-hybridized carbons (Fsp3) is 0.412. The maximum absolute atomic E-state index is 5.91. The summed E-state index contributed by atoms with van der Waals surface area (Å²) in [6.45, 7) is 5.55. The summed E-state index contributed by atoms with van der Waals surface area (Å²) in [6.07, 6.45) is 5.62. The zero-order chi connectivity index (χ0) is 15.1. The number of hydrogen-bond acceptors (Lipinski definition) is 4. The van der Waals surface area contributed by atoms with E-state index in [9.17, 15) is 0 Å². The molecule has 0 atom stereocenters. The summed E-state index contributed by atoms with van der Waals surface area (Å²) >= 11 is 0. The van der Waals surface area contributed by atoms with Crippen molar-refractivity contribution < 1.29 is 4.74 Å². The van der Waals surface area contributed by atoms with Crippen LogP contribution in [0.4, 0.5) is 0 Å². The molecule has 0 saturated carbocycles. The van der Waals surface area contributed by atoms with Crippen LogP contribution < -0.4 is 10.1 Å². The Bertz CT molecular complexity index is 570. The minimum Gasteiger partial charge on any atom is -0.477 e. The van der Waals surface area contributed by atoms with Crippen molar-refractivity contribution in [1.29, 1.82) is 0 Å². The van der Waals surface area contributed by atoms with Crippen LogP contribution >= 0.6 is 0 Å². The highest BCUT2D eigenvalue weighted by Gasteiger charge is 2.09. The molecule has 0 saturated heterocycles. The molecule has 0 fully saturated rings. The molecular formula is C17H23N3O. The van der Waals surface area contributed by atoms with Crippen LogP contribution in [-0.4, -0.2) is 23.6 Å². The van der Waals surface area contributed by atoms with Crippen LogP contribution in [0.3, 0.4) is 0 Å². The zero-order valence-electron chi connectivity index (χ0n) is 13.0. The van der Waals surface area contributed by atoms with E-state index in [-0.39, 0.29) is 0 Å². The molecule has 0 unspecified atom stereocenters. The largest absolute Gasteiger partial charge is 0.477 e. The Kier molecular flexibility index (Phi) is 5.69. The van der Waals surface area contributed by atoms with E-state index in [2.05, 4.69) is 28.3 Å². The van der Waals surface area contributed by atoms with Crippen LogP contribution in [0, 0.1) is 13.8 Å². The number of hydrogen-bond donors (Lipinski definition) is 1. The van der Waals surface area contributed by atoms with Crippen molar-refractivity contribution in [1.82, 2.24) is 15.3 Å². The van der Waals surface area contributed by atoms with Crippen LogP contribution in [0.5, 0.6) is 5.88 Å². The minimum absolute atomic E-state index is 0.676. The molecular weight excluding hydrogens is 262 g/mol. The topological polar surface area (TPSA) is 47.0 Å². The van der Waals surface area contributed by atoms with Gasteiger partial charge < -0.3 is 10.1 Å². The predicted molar refractivity (Wildman–Crippen MR) is 84.5 cm³/mol. The summed E-state index contributed by atoms with van der Waals surface area (Å²) in [7, 11) is 1.94. The highest BCUT2D eigenvalue weighted by atomic mass is 16.5. The van der Waals surface area contributed by atoms with Gasteiger partial charge in [-0.25, -0.2) is 4.98 Å². The van der Waals surface area contributed by atoms with Crippen molar-refractivity contribution in [2.75, 3.05) is 13.7 Å². The minimum atomic E-state index is 0.676. The third kappa shape index (κ3) is 4.53. The van der Waals surface area contributed by atoms with Crippen molar-refractivity contribution in [3.8, 4) is 5.88 Å². The van der Waals surface area contributed by atoms with Crippen LogP contribution in [0.1, 0.15) is 28.8 Å². The average molecular weight is 285 g/mol. The van der Waals surface area contributed by atoms with Gasteiger partial charge in [-0.15, -0.1) is 0 Å². The Morgan fingerprint density at radius 1 is 1.19 bits per heavy atom. The van der Waals surface area contributed by atoms with Crippen molar-refractivity contribution in [2.24, 2.45) is 0 Å². The Morgan fingerprint density at radius 2 is 1.95 bits per heavy atom. The summed E-state index contributed by atoms with van der Waals surface area (Å²) in [5.74, 6) is 0.761. The lowest BCUT2D eigenvalue weighted by Gasteiger charge is -2.13. The average Bonchev–Trinajstić information content (AvgIpc) is 2.48. The Hall–Kier alpha value is -1.94. The molecule has 0 bridgehead atoms. The highest BCUT2D eigenvalue weighted by Crippen LogP contribution is 2.21. The molecule has 0 aromatic carbocycles. The van der Waals surface area contributed by atoms with Gasteiger partial charge in [-0.3, -0.25) is 4.98 Å². The Morgan fingerprint density at radius 3 is 2.67 bits per heavy atom. The zero-order valence-corrected chi connectivity index (χ0v) is 13.0. The van der Waals surface area contributed by atoms with Gasteiger partial charge in [0.1, 0.15) is 0 Å². The number of aromatic nitrogens is 2. The van der Waals surface area contributed by atoms with Crippen LogP contribution in [0.2, 0.25) is 0 Å². The first-order valence-electron chi connectivity index (χ1n) is 7.34. The molecule has 0 aliphatic carbocycles. The molecule has 0 amide bonds. The normalized spacial score (nSPS) is 10.6. The van der Waals surface area contributed by atoms with Crippen molar-refractivity contribution in [3.63, 3.8) is 0 Å². The van der Waals surface area contributed by atoms with Crippen LogP contribution in [0.25, 0.3) is 0 Å². The fourth-order valence-corrected chi connectivity index (χ4v) is 2.33. The van der Waals surface area contributed by atoms with Crippen molar-refractivity contribution >= 4 is 0 Å². The van der Waals surface area contributed by atoms with Gasteiger partial charge in [0.05, 0.1) is 6.61 Å². The quantitative estimate of drug-likeness (QED) is 0.795. The number of nitrogens with zero attached hydrogens (tertiary/aromatic N) is 2. The second-order valence-corrected chi connectivity index (χ2v) is 5.20. The summed E-state index contributed by atoms with van der Waals surface area (Å²) < 4.78 is 5.91. The van der Waals surface area contributed by atoms with E-state index < -0.39 is 0 Å². The predicted octanol–water partition coefficient (Wildman–Crippen LogP) is 2.82. The van der Waals surface area contributed by atoms with Gasteiger partial charge in [-0.1, -0.05) is 0 Å². The maximum Gasteiger partial charge on any atom is 0.218 e. The van der Waals surface area contributed by atoms with Gasteiger partial charge >= 0.3 is 0 Å². The molecule has 4 heteroatoms. The molecule has 0 spiro atoms. The Balaban J connectivity index is 1.93. The molecule has 2 rings (SSSR count). The van der Waals surface area contributed by atoms with E-state index in [0.717, 1.165) is 36.5 Å². The lowest BCUT2D eigenvalue weighted by Crippen LogP contribution is -2.12. The summed E-state index contributed by atoms with van der Waals surface area (Å²) in [4.78, 5) is 8.55. The molecule has 112 valence electrons. The molecule has 2 aromatic heterocycles. The van der Waals surface area contributed by atoms with Crippen LogP contribution in [-0.2, 0) is 13.0 Å². The number of aryl methyl sites for hydroxylation is 3. The lowest BCUT2D eigenvalue weighted by atomic mass is 10.1. The number of pyridine rings is 2. The van der Waals surface area contributed by atoms with Gasteiger partial charge in [0.15, 0.2) is 0 Å². The van der Waals surface area contributed by atoms with E-state index in [4.69, 9.17) is 4.74 Å². The van der Waals surface area contributed by atoms with Gasteiger partial charge in [0, 0.05) is 30.2 Å². The second-order valence-electron chi connectivity index (χ2n) is 5.20. The van der Waals surface area contributed by atoms with Gasteiger partial charge in [0.25, 0.3) is 0 Å². The SMILES string of the molecule is CNCc1c(C)cc(C)nc1OCCCc1ccncc1. The number of rotatable bonds is 7. The molecule has 0 radical (unpaired) electrons. The van der Waals surface area contributed by atoms with Crippen LogP contribution in [0.15, 0.2) is 30.6 Å². The first kappa shape index (κ1) is 15.4. The number of nitrogens with one attached hydrogen (secondary N) is 1. The standard InChI is InChI=1S/C17H23N3O/c1-13-11-14(2)20-17(16(13)12-18-3)21-10-4-5-15-6-8-19-9-7-15/h6-9,11,18H,4-5,10,12H2,1-3H3. The summed E-state index contributed by atoms with van der Waals surface area (Å²) in [5.41, 5.74) is 4.65. The van der Waals surface area contributed by atoms with Crippen molar-refractivity contribution in [2.45, 2.75) is 33.2 Å². The van der Waals surface area contributed by atoms with E-state index >= 15 is 0 Å². The molecule has 0 aliphatic heterocycles. The summed E-state index contributed by atoms with van der Waals surface area (Å²) in [5, 5.41) is 3.17. The lowest BCUT2D eigenvalue weighted by molar-refractivity contribution is 0.294. The molecule has 2 aromatic rings. The van der Waals surface area contributed by atoms with E-state index in [1.54, 1.807) is 0 Å². The van der Waals surface area contributed by atoms with E-state index in [0.29, 0.717) is 6.61 Å². The number of ether oxygens (including phenoxy) is 1. The molecule has 4 nitrogen and oxygen atoms in total. The summed E-state index contributed by atoms with van der Waals surface area (Å²) in [6, 6.07) is 6.18. The van der Waals surface area contributed by atoms with E-state index in [1.165, 1.54) is 11.1 Å².